The molecule has 0 saturated carbocycles. The van der Waals surface area contributed by atoms with Crippen molar-refractivity contribution in [3.05, 3.63) is 60.0 Å². The number of hydrogen-bond acceptors (Lipinski definition) is 6. The molecule has 0 radical (unpaired) electrons. The SMILES string of the molecule is COc1ccc(S(C)(=O)=NC(=O)c2ccc(-c3nnc(C)o3)cc2)cc1. The van der Waals surface area contributed by atoms with Crippen molar-refractivity contribution in [2.45, 2.75) is 11.8 Å². The molecule has 0 bridgehead atoms. The Morgan fingerprint density at radius 3 is 2.27 bits per heavy atom. The maximum Gasteiger partial charge on any atom is 0.285 e. The number of hydrogen-bond donors (Lipinski definition) is 0. The number of benzene rings is 2. The Morgan fingerprint density at radius 1 is 1.08 bits per heavy atom. The standard InChI is InChI=1S/C18H17N3O4S/c1-12-19-20-18(25-12)14-6-4-13(5-7-14)17(22)21-26(3,23)16-10-8-15(24-2)9-11-16/h4-11H,1-3H3. The lowest BCUT2D eigenvalue weighted by atomic mass is 10.1. The van der Waals surface area contributed by atoms with E-state index in [1.54, 1.807) is 62.6 Å². The molecule has 0 aliphatic carbocycles. The van der Waals surface area contributed by atoms with Crippen LogP contribution in [0, 0.1) is 6.92 Å². The number of ether oxygens (including phenoxy) is 1. The van der Waals surface area contributed by atoms with E-state index in [4.69, 9.17) is 9.15 Å². The third-order valence-corrected chi connectivity index (χ3v) is 5.32. The van der Waals surface area contributed by atoms with Crippen LogP contribution in [0.25, 0.3) is 11.5 Å². The molecule has 1 heterocycles. The quantitative estimate of drug-likeness (QED) is 0.698. The highest BCUT2D eigenvalue weighted by Crippen LogP contribution is 2.20. The van der Waals surface area contributed by atoms with E-state index in [1.807, 2.05) is 0 Å². The normalized spacial score (nSPS) is 13.0. The van der Waals surface area contributed by atoms with Crippen molar-refractivity contribution in [3.8, 4) is 17.2 Å². The minimum atomic E-state index is -2.86. The number of aromatic nitrogens is 2. The number of methoxy groups -OCH3 is 1. The second kappa shape index (κ2) is 7.09. The van der Waals surface area contributed by atoms with Gasteiger partial charge in [-0.05, 0) is 48.5 Å². The number of carbonyl (C=O) groups excluding carboxylic acids is 1. The zero-order valence-electron chi connectivity index (χ0n) is 14.5. The van der Waals surface area contributed by atoms with Gasteiger partial charge in [-0.3, -0.25) is 4.79 Å². The molecule has 2 aromatic carbocycles. The molecule has 1 amide bonds. The van der Waals surface area contributed by atoms with Gasteiger partial charge in [-0.2, -0.15) is 4.36 Å². The molecule has 3 aromatic rings. The van der Waals surface area contributed by atoms with E-state index in [0.717, 1.165) is 0 Å². The van der Waals surface area contributed by atoms with Crippen molar-refractivity contribution in [1.82, 2.24) is 10.2 Å². The second-order valence-electron chi connectivity index (χ2n) is 5.58. The Morgan fingerprint density at radius 2 is 1.73 bits per heavy atom. The molecule has 134 valence electrons. The highest BCUT2D eigenvalue weighted by molar-refractivity contribution is 7.93. The molecule has 0 spiro atoms. The van der Waals surface area contributed by atoms with Gasteiger partial charge in [0, 0.05) is 29.2 Å². The van der Waals surface area contributed by atoms with E-state index in [1.165, 1.54) is 6.26 Å². The summed E-state index contributed by atoms with van der Waals surface area (Å²) in [5.41, 5.74) is 1.02. The monoisotopic (exact) mass is 371 g/mol. The molecular weight excluding hydrogens is 354 g/mol. The Labute approximate surface area is 151 Å². The molecule has 1 atom stereocenters. The summed E-state index contributed by atoms with van der Waals surface area (Å²) >= 11 is 0. The largest absolute Gasteiger partial charge is 0.497 e. The van der Waals surface area contributed by atoms with Crippen LogP contribution in [0.3, 0.4) is 0 Å². The van der Waals surface area contributed by atoms with Crippen molar-refractivity contribution >= 4 is 15.6 Å². The predicted octanol–water partition coefficient (Wildman–Crippen LogP) is 3.35. The molecule has 8 heteroatoms. The van der Waals surface area contributed by atoms with Crippen molar-refractivity contribution < 1.29 is 18.2 Å². The first-order chi connectivity index (χ1) is 12.4. The van der Waals surface area contributed by atoms with Crippen LogP contribution in [0.5, 0.6) is 5.75 Å². The number of aryl methyl sites for hydroxylation is 1. The fourth-order valence-electron chi connectivity index (χ4n) is 2.26. The molecule has 1 unspecified atom stereocenters. The Balaban J connectivity index is 1.85. The fourth-order valence-corrected chi connectivity index (χ4v) is 3.43. The zero-order chi connectivity index (χ0) is 18.7. The first-order valence-corrected chi connectivity index (χ1v) is 9.62. The Hall–Kier alpha value is -3.00. The lowest BCUT2D eigenvalue weighted by Gasteiger charge is -2.06. The van der Waals surface area contributed by atoms with E-state index in [0.29, 0.717) is 33.6 Å². The van der Waals surface area contributed by atoms with E-state index in [-0.39, 0.29) is 0 Å². The average molecular weight is 371 g/mol. The van der Waals surface area contributed by atoms with Crippen LogP contribution in [0.4, 0.5) is 0 Å². The van der Waals surface area contributed by atoms with Gasteiger partial charge in [0.15, 0.2) is 0 Å². The Kier molecular flexibility index (Phi) is 4.85. The summed E-state index contributed by atoms with van der Waals surface area (Å²) in [5, 5.41) is 7.69. The van der Waals surface area contributed by atoms with E-state index >= 15 is 0 Å². The molecule has 1 aromatic heterocycles. The average Bonchev–Trinajstić information content (AvgIpc) is 3.08. The summed E-state index contributed by atoms with van der Waals surface area (Å²) in [6, 6.07) is 13.2. The molecule has 0 fully saturated rings. The third-order valence-electron chi connectivity index (χ3n) is 3.66. The van der Waals surface area contributed by atoms with Crippen LogP contribution >= 0.6 is 0 Å². The summed E-state index contributed by atoms with van der Waals surface area (Å²) in [6.07, 6.45) is 1.43. The number of rotatable bonds is 4. The molecule has 26 heavy (non-hydrogen) atoms. The zero-order valence-corrected chi connectivity index (χ0v) is 15.3. The van der Waals surface area contributed by atoms with Crippen LogP contribution in [-0.2, 0) is 9.73 Å². The van der Waals surface area contributed by atoms with Gasteiger partial charge < -0.3 is 9.15 Å². The van der Waals surface area contributed by atoms with Crippen LogP contribution in [-0.4, -0.2) is 33.7 Å². The maximum absolute atomic E-state index is 12.8. The van der Waals surface area contributed by atoms with Gasteiger partial charge in [-0.15, -0.1) is 10.2 Å². The van der Waals surface area contributed by atoms with Crippen molar-refractivity contribution in [2.24, 2.45) is 4.36 Å². The molecule has 0 aliphatic rings. The first-order valence-electron chi connectivity index (χ1n) is 7.70. The third kappa shape index (κ3) is 3.80. The lowest BCUT2D eigenvalue weighted by molar-refractivity contribution is 0.100. The van der Waals surface area contributed by atoms with Crippen molar-refractivity contribution in [1.29, 1.82) is 0 Å². The smallest absolute Gasteiger partial charge is 0.285 e. The van der Waals surface area contributed by atoms with Crippen molar-refractivity contribution in [2.75, 3.05) is 13.4 Å². The summed E-state index contributed by atoms with van der Waals surface area (Å²) in [5.74, 6) is 0.917. The maximum atomic E-state index is 12.8. The minimum Gasteiger partial charge on any atom is -0.497 e. The second-order valence-corrected chi connectivity index (χ2v) is 7.84. The molecule has 7 nitrogen and oxygen atoms in total. The van der Waals surface area contributed by atoms with Gasteiger partial charge in [0.1, 0.15) is 5.75 Å². The predicted molar refractivity (Wildman–Crippen MR) is 96.6 cm³/mol. The minimum absolute atomic E-state index is 0.327. The fraction of sp³-hybridized carbons (Fsp3) is 0.167. The van der Waals surface area contributed by atoms with Gasteiger partial charge >= 0.3 is 0 Å². The van der Waals surface area contributed by atoms with Gasteiger partial charge in [-0.1, -0.05) is 0 Å². The van der Waals surface area contributed by atoms with Gasteiger partial charge in [-0.25, -0.2) is 4.21 Å². The number of carbonyl (C=O) groups is 1. The van der Waals surface area contributed by atoms with Crippen LogP contribution in [0.1, 0.15) is 16.2 Å². The van der Waals surface area contributed by atoms with Crippen LogP contribution in [0.15, 0.2) is 62.2 Å². The first kappa shape index (κ1) is 17.8. The molecule has 0 aliphatic heterocycles. The van der Waals surface area contributed by atoms with Gasteiger partial charge in [0.2, 0.25) is 11.8 Å². The van der Waals surface area contributed by atoms with E-state index < -0.39 is 15.6 Å². The highest BCUT2D eigenvalue weighted by atomic mass is 32.2. The van der Waals surface area contributed by atoms with E-state index in [9.17, 15) is 9.00 Å². The number of amides is 1. The van der Waals surface area contributed by atoms with Crippen LogP contribution in [0.2, 0.25) is 0 Å². The van der Waals surface area contributed by atoms with Gasteiger partial charge in [0.25, 0.3) is 5.91 Å². The Bertz CT molecular complexity index is 1050. The van der Waals surface area contributed by atoms with E-state index in [2.05, 4.69) is 14.6 Å². The molecule has 3 rings (SSSR count). The summed E-state index contributed by atoms with van der Waals surface area (Å²) < 4.78 is 27.1. The highest BCUT2D eigenvalue weighted by Gasteiger charge is 2.13. The topological polar surface area (TPSA) is 94.7 Å². The summed E-state index contributed by atoms with van der Waals surface area (Å²) in [7, 11) is -1.32. The number of nitrogens with zero attached hydrogens (tertiary/aromatic N) is 3. The summed E-state index contributed by atoms with van der Waals surface area (Å²) in [4.78, 5) is 12.8. The van der Waals surface area contributed by atoms with Crippen molar-refractivity contribution in [3.63, 3.8) is 0 Å². The summed E-state index contributed by atoms with van der Waals surface area (Å²) in [6.45, 7) is 1.70. The van der Waals surface area contributed by atoms with Gasteiger partial charge in [0.05, 0.1) is 16.8 Å². The molecule has 0 N–H and O–H groups in total. The van der Waals surface area contributed by atoms with Crippen LogP contribution < -0.4 is 4.74 Å². The lowest BCUT2D eigenvalue weighted by Crippen LogP contribution is -2.04. The molecule has 0 saturated heterocycles. The molecular formula is C18H17N3O4S.